The Kier molecular flexibility index (Phi) is 6.24. The van der Waals surface area contributed by atoms with Gasteiger partial charge in [0.2, 0.25) is 0 Å². The summed E-state index contributed by atoms with van der Waals surface area (Å²) in [5.74, 6) is -0.0509. The first-order valence-electron chi connectivity index (χ1n) is 7.82. The highest BCUT2D eigenvalue weighted by Gasteiger charge is 2.38. The van der Waals surface area contributed by atoms with Gasteiger partial charge in [0.1, 0.15) is 11.3 Å². The van der Waals surface area contributed by atoms with Crippen molar-refractivity contribution in [3.63, 3.8) is 0 Å². The molecule has 2 atom stereocenters. The summed E-state index contributed by atoms with van der Waals surface area (Å²) in [4.78, 5) is 11.8. The fourth-order valence-electron chi connectivity index (χ4n) is 2.14. The van der Waals surface area contributed by atoms with Crippen LogP contribution in [0.25, 0.3) is 0 Å². The minimum Gasteiger partial charge on any atom is -0.496 e. The Labute approximate surface area is 134 Å². The van der Waals surface area contributed by atoms with Crippen LogP contribution in [0.2, 0.25) is 18.1 Å². The average Bonchev–Trinajstić information content (AvgIpc) is 2.67. The van der Waals surface area contributed by atoms with Crippen LogP contribution >= 0.6 is 0 Å². The number of hydrogen-bond donors (Lipinski definition) is 1. The van der Waals surface area contributed by atoms with Crippen LogP contribution in [0.5, 0.6) is 0 Å². The van der Waals surface area contributed by atoms with Gasteiger partial charge in [0.05, 0.1) is 13.2 Å². The maximum atomic E-state index is 11.8. The van der Waals surface area contributed by atoms with E-state index >= 15 is 0 Å². The lowest BCUT2D eigenvalue weighted by Crippen LogP contribution is -2.41. The van der Waals surface area contributed by atoms with Gasteiger partial charge in [0, 0.05) is 6.61 Å². The summed E-state index contributed by atoms with van der Waals surface area (Å²) in [7, 11) is -0.276. The van der Waals surface area contributed by atoms with Gasteiger partial charge in [-0.3, -0.25) is 0 Å². The van der Waals surface area contributed by atoms with E-state index in [0.29, 0.717) is 25.2 Å². The van der Waals surface area contributed by atoms with Crippen LogP contribution < -0.4 is 0 Å². The lowest BCUT2D eigenvalue weighted by Gasteiger charge is -2.36. The first kappa shape index (κ1) is 19.2. The van der Waals surface area contributed by atoms with Crippen molar-refractivity contribution in [2.45, 2.75) is 70.9 Å². The number of carbonyl (C=O) groups excluding carboxylic acids is 1. The number of esters is 1. The zero-order valence-electron chi connectivity index (χ0n) is 14.9. The average molecular weight is 330 g/mol. The first-order chi connectivity index (χ1) is 10.0. The second-order valence-corrected chi connectivity index (χ2v) is 12.1. The van der Waals surface area contributed by atoms with E-state index in [0.717, 1.165) is 0 Å². The van der Waals surface area contributed by atoms with Crippen LogP contribution in [0.1, 0.15) is 40.5 Å². The van der Waals surface area contributed by atoms with E-state index in [-0.39, 0.29) is 10.6 Å². The van der Waals surface area contributed by atoms with E-state index in [2.05, 4.69) is 33.9 Å². The summed E-state index contributed by atoms with van der Waals surface area (Å²) >= 11 is 0. The van der Waals surface area contributed by atoms with E-state index in [1.807, 2.05) is 0 Å². The van der Waals surface area contributed by atoms with Crippen molar-refractivity contribution in [1.82, 2.24) is 0 Å². The summed E-state index contributed by atoms with van der Waals surface area (Å²) in [5.41, 5.74) is 0.252. The molecule has 1 rings (SSSR count). The van der Waals surface area contributed by atoms with Gasteiger partial charge in [-0.1, -0.05) is 20.8 Å². The molecule has 0 aromatic carbocycles. The second kappa shape index (κ2) is 7.15. The van der Waals surface area contributed by atoms with Crippen molar-refractivity contribution in [3.05, 3.63) is 11.3 Å². The third-order valence-corrected chi connectivity index (χ3v) is 9.12. The standard InChI is InChI=1S/C16H30O5Si/c1-11-14(19-5)13(15(18)21-11)12(17)9-8-10-20-22(6,7)16(2,3)4/h11-12,17H,8-10H2,1-7H3. The molecule has 0 spiro atoms. The van der Waals surface area contributed by atoms with Gasteiger partial charge < -0.3 is 19.0 Å². The molecule has 2 unspecified atom stereocenters. The highest BCUT2D eigenvalue weighted by atomic mass is 28.4. The fourth-order valence-corrected chi connectivity index (χ4v) is 3.23. The fraction of sp³-hybridized carbons (Fsp3) is 0.812. The van der Waals surface area contributed by atoms with E-state index in [4.69, 9.17) is 13.9 Å². The Morgan fingerprint density at radius 3 is 2.45 bits per heavy atom. The number of rotatable bonds is 7. The molecule has 0 aromatic rings. The Hall–Kier alpha value is -0.853. The quantitative estimate of drug-likeness (QED) is 0.442. The molecule has 0 bridgehead atoms. The topological polar surface area (TPSA) is 65.0 Å². The largest absolute Gasteiger partial charge is 0.496 e. The number of aliphatic hydroxyl groups is 1. The van der Waals surface area contributed by atoms with Gasteiger partial charge in [-0.25, -0.2) is 4.79 Å². The number of carbonyl (C=O) groups is 1. The van der Waals surface area contributed by atoms with Gasteiger partial charge in [-0.2, -0.15) is 0 Å². The predicted octanol–water partition coefficient (Wildman–Crippen LogP) is 3.00. The Balaban J connectivity index is 2.52. The van der Waals surface area contributed by atoms with Gasteiger partial charge in [-0.15, -0.1) is 0 Å². The Morgan fingerprint density at radius 2 is 1.95 bits per heavy atom. The van der Waals surface area contributed by atoms with Crippen molar-refractivity contribution in [3.8, 4) is 0 Å². The van der Waals surface area contributed by atoms with E-state index in [9.17, 15) is 9.90 Å². The molecule has 0 saturated heterocycles. The minimum absolute atomic E-state index is 0.169. The molecule has 128 valence electrons. The molecule has 22 heavy (non-hydrogen) atoms. The number of methoxy groups -OCH3 is 1. The van der Waals surface area contributed by atoms with Crippen LogP contribution in [0.4, 0.5) is 0 Å². The molecular weight excluding hydrogens is 300 g/mol. The molecule has 0 saturated carbocycles. The third kappa shape index (κ3) is 4.33. The molecule has 0 aromatic heterocycles. The number of cyclic esters (lactones) is 1. The monoisotopic (exact) mass is 330 g/mol. The van der Waals surface area contributed by atoms with Crippen molar-refractivity contribution in [1.29, 1.82) is 0 Å². The SMILES string of the molecule is COC1=C(C(O)CCCO[Si](C)(C)C(C)(C)C)C(=O)OC1C. The molecule has 6 heteroatoms. The Bertz CT molecular complexity index is 436. The molecule has 0 aliphatic carbocycles. The maximum absolute atomic E-state index is 11.8. The smallest absolute Gasteiger partial charge is 0.340 e. The van der Waals surface area contributed by atoms with E-state index in [1.54, 1.807) is 6.92 Å². The van der Waals surface area contributed by atoms with Crippen LogP contribution in [0.3, 0.4) is 0 Å². The number of ether oxygens (including phenoxy) is 2. The molecular formula is C16H30O5Si. The summed E-state index contributed by atoms with van der Waals surface area (Å²) in [6.45, 7) is 13.3. The summed E-state index contributed by atoms with van der Waals surface area (Å²) in [5, 5.41) is 10.4. The zero-order valence-corrected chi connectivity index (χ0v) is 15.9. The highest BCUT2D eigenvalue weighted by molar-refractivity contribution is 6.74. The first-order valence-corrected chi connectivity index (χ1v) is 10.7. The van der Waals surface area contributed by atoms with Gasteiger partial charge in [0.25, 0.3) is 0 Å². The molecule has 1 aliphatic rings. The molecule has 1 aliphatic heterocycles. The van der Waals surface area contributed by atoms with Crippen molar-refractivity contribution in [2.24, 2.45) is 0 Å². The molecule has 0 radical (unpaired) electrons. The van der Waals surface area contributed by atoms with Crippen LogP contribution in [-0.2, 0) is 18.7 Å². The van der Waals surface area contributed by atoms with Crippen LogP contribution in [0.15, 0.2) is 11.3 Å². The lowest BCUT2D eigenvalue weighted by molar-refractivity contribution is -0.140. The van der Waals surface area contributed by atoms with Crippen molar-refractivity contribution >= 4 is 14.3 Å². The maximum Gasteiger partial charge on any atom is 0.340 e. The minimum atomic E-state index is -1.76. The molecule has 1 heterocycles. The van der Waals surface area contributed by atoms with E-state index < -0.39 is 26.5 Å². The zero-order chi connectivity index (χ0) is 17.1. The second-order valence-electron chi connectivity index (χ2n) is 7.30. The molecule has 0 amide bonds. The molecule has 5 nitrogen and oxygen atoms in total. The summed E-state index contributed by atoms with van der Waals surface area (Å²) in [6.07, 6.45) is -0.143. The summed E-state index contributed by atoms with van der Waals surface area (Å²) in [6, 6.07) is 0. The van der Waals surface area contributed by atoms with Gasteiger partial charge >= 0.3 is 5.97 Å². The number of hydrogen-bond acceptors (Lipinski definition) is 5. The lowest BCUT2D eigenvalue weighted by atomic mass is 10.0. The van der Waals surface area contributed by atoms with E-state index in [1.165, 1.54) is 7.11 Å². The normalized spacial score (nSPS) is 21.1. The van der Waals surface area contributed by atoms with Gasteiger partial charge in [0.15, 0.2) is 14.4 Å². The predicted molar refractivity (Wildman–Crippen MR) is 88.0 cm³/mol. The highest BCUT2D eigenvalue weighted by Crippen LogP contribution is 2.36. The van der Waals surface area contributed by atoms with Crippen LogP contribution in [0, 0.1) is 0 Å². The third-order valence-electron chi connectivity index (χ3n) is 4.58. The molecule has 1 N–H and O–H groups in total. The molecule has 0 fully saturated rings. The summed E-state index contributed by atoms with van der Waals surface area (Å²) < 4.78 is 16.3. The van der Waals surface area contributed by atoms with Crippen molar-refractivity contribution in [2.75, 3.05) is 13.7 Å². The van der Waals surface area contributed by atoms with Crippen LogP contribution in [-0.4, -0.2) is 45.3 Å². The van der Waals surface area contributed by atoms with Crippen molar-refractivity contribution < 1.29 is 23.8 Å². The number of aliphatic hydroxyl groups excluding tert-OH is 1. The van der Waals surface area contributed by atoms with Gasteiger partial charge in [-0.05, 0) is 37.9 Å². The Morgan fingerprint density at radius 1 is 1.36 bits per heavy atom.